The summed E-state index contributed by atoms with van der Waals surface area (Å²) in [6.07, 6.45) is 3.62. The van der Waals surface area contributed by atoms with Crippen molar-refractivity contribution in [3.63, 3.8) is 0 Å². The number of carbonyl (C=O) groups excluding carboxylic acids is 2. The lowest BCUT2D eigenvalue weighted by atomic mass is 10.2. The predicted molar refractivity (Wildman–Crippen MR) is 59.4 cm³/mol. The lowest BCUT2D eigenvalue weighted by Crippen LogP contribution is -2.34. The Balaban J connectivity index is 2.74. The number of hydrazine groups is 1. The number of carbonyl (C=O) groups is 2. The Labute approximate surface area is 92.9 Å². The molecule has 16 heavy (non-hydrogen) atoms. The molecule has 0 heterocycles. The molecule has 1 amide bonds. The number of nitrogens with one attached hydrogen (secondary N) is 1. The molecule has 84 valence electrons. The van der Waals surface area contributed by atoms with Crippen molar-refractivity contribution in [2.75, 3.05) is 6.61 Å². The van der Waals surface area contributed by atoms with Gasteiger partial charge >= 0.3 is 0 Å². The van der Waals surface area contributed by atoms with Crippen LogP contribution in [0.15, 0.2) is 30.3 Å². The maximum absolute atomic E-state index is 10.9. The standard InChI is InChI=1S/C11H12N2O3/c12-13-11(15)8-16-10-6-2-1-4-9(10)5-3-7-14/h1-7H,8,12H2,(H,13,15). The minimum absolute atomic E-state index is 0.164. The van der Waals surface area contributed by atoms with Crippen molar-refractivity contribution in [3.05, 3.63) is 35.9 Å². The minimum atomic E-state index is -0.422. The molecule has 1 rings (SSSR count). The third kappa shape index (κ3) is 3.55. The maximum Gasteiger partial charge on any atom is 0.271 e. The van der Waals surface area contributed by atoms with Gasteiger partial charge in [-0.2, -0.15) is 0 Å². The van der Waals surface area contributed by atoms with Gasteiger partial charge < -0.3 is 4.74 Å². The first-order valence-corrected chi connectivity index (χ1v) is 4.61. The van der Waals surface area contributed by atoms with Crippen LogP contribution in [-0.2, 0) is 9.59 Å². The van der Waals surface area contributed by atoms with Crippen LogP contribution in [0, 0.1) is 0 Å². The number of hydrogen-bond donors (Lipinski definition) is 2. The van der Waals surface area contributed by atoms with Crippen LogP contribution in [-0.4, -0.2) is 18.8 Å². The van der Waals surface area contributed by atoms with E-state index in [1.807, 2.05) is 5.43 Å². The number of hydrogen-bond acceptors (Lipinski definition) is 4. The van der Waals surface area contributed by atoms with Crippen LogP contribution in [0.1, 0.15) is 5.56 Å². The molecule has 3 N–H and O–H groups in total. The molecule has 5 nitrogen and oxygen atoms in total. The maximum atomic E-state index is 10.9. The zero-order valence-electron chi connectivity index (χ0n) is 8.55. The fourth-order valence-corrected chi connectivity index (χ4v) is 1.08. The molecule has 0 atom stereocenters. The van der Waals surface area contributed by atoms with Gasteiger partial charge in [-0.15, -0.1) is 0 Å². The fraction of sp³-hybridized carbons (Fsp3) is 0.0909. The number of rotatable bonds is 5. The van der Waals surface area contributed by atoms with Crippen LogP contribution in [0.2, 0.25) is 0 Å². The molecular formula is C11H12N2O3. The quantitative estimate of drug-likeness (QED) is 0.245. The van der Waals surface area contributed by atoms with E-state index in [-0.39, 0.29) is 6.61 Å². The summed E-state index contributed by atoms with van der Waals surface area (Å²) in [6, 6.07) is 7.05. The fourth-order valence-electron chi connectivity index (χ4n) is 1.08. The lowest BCUT2D eigenvalue weighted by Gasteiger charge is -2.07. The largest absolute Gasteiger partial charge is 0.483 e. The van der Waals surface area contributed by atoms with Gasteiger partial charge in [-0.05, 0) is 18.2 Å². The van der Waals surface area contributed by atoms with Crippen LogP contribution < -0.4 is 16.0 Å². The summed E-state index contributed by atoms with van der Waals surface area (Å²) in [5, 5.41) is 0. The van der Waals surface area contributed by atoms with E-state index in [1.54, 1.807) is 30.3 Å². The van der Waals surface area contributed by atoms with Crippen molar-refractivity contribution in [1.29, 1.82) is 0 Å². The van der Waals surface area contributed by atoms with Crippen molar-refractivity contribution < 1.29 is 14.3 Å². The number of benzene rings is 1. The van der Waals surface area contributed by atoms with Gasteiger partial charge in [0.25, 0.3) is 5.91 Å². The second kappa shape index (κ2) is 6.36. The Hall–Kier alpha value is -2.14. The van der Waals surface area contributed by atoms with E-state index in [0.717, 1.165) is 5.56 Å². The second-order valence-electron chi connectivity index (χ2n) is 2.89. The van der Waals surface area contributed by atoms with E-state index in [1.165, 1.54) is 6.08 Å². The van der Waals surface area contributed by atoms with Crippen LogP contribution in [0.4, 0.5) is 0 Å². The third-order valence-corrected chi connectivity index (χ3v) is 1.79. The Bertz CT molecular complexity index is 402. The van der Waals surface area contributed by atoms with Crippen molar-refractivity contribution >= 4 is 18.3 Å². The van der Waals surface area contributed by atoms with Gasteiger partial charge in [-0.1, -0.05) is 18.2 Å². The van der Waals surface area contributed by atoms with Crippen molar-refractivity contribution in [2.24, 2.45) is 5.84 Å². The highest BCUT2D eigenvalue weighted by molar-refractivity contribution is 5.77. The Morgan fingerprint density at radius 1 is 1.44 bits per heavy atom. The van der Waals surface area contributed by atoms with Crippen LogP contribution >= 0.6 is 0 Å². The highest BCUT2D eigenvalue weighted by Gasteiger charge is 2.02. The molecule has 0 fully saturated rings. The molecule has 0 bridgehead atoms. The molecule has 0 unspecified atom stereocenters. The monoisotopic (exact) mass is 220 g/mol. The molecule has 0 saturated heterocycles. The first-order chi connectivity index (χ1) is 7.77. The highest BCUT2D eigenvalue weighted by atomic mass is 16.5. The summed E-state index contributed by atoms with van der Waals surface area (Å²) in [5.41, 5.74) is 2.68. The van der Waals surface area contributed by atoms with Crippen molar-refractivity contribution in [1.82, 2.24) is 5.43 Å². The van der Waals surface area contributed by atoms with E-state index in [9.17, 15) is 9.59 Å². The van der Waals surface area contributed by atoms with Crippen LogP contribution in [0.3, 0.4) is 0 Å². The van der Waals surface area contributed by atoms with E-state index in [4.69, 9.17) is 10.6 Å². The smallest absolute Gasteiger partial charge is 0.271 e. The average Bonchev–Trinajstić information content (AvgIpc) is 2.34. The number of para-hydroxylation sites is 1. The molecule has 0 aliphatic heterocycles. The Morgan fingerprint density at radius 2 is 2.19 bits per heavy atom. The van der Waals surface area contributed by atoms with Crippen LogP contribution in [0.25, 0.3) is 6.08 Å². The minimum Gasteiger partial charge on any atom is -0.483 e. The van der Waals surface area contributed by atoms with Gasteiger partial charge in [-0.25, -0.2) is 5.84 Å². The normalized spacial score (nSPS) is 10.1. The molecule has 1 aromatic carbocycles. The first-order valence-electron chi connectivity index (χ1n) is 4.61. The van der Waals surface area contributed by atoms with Gasteiger partial charge in [0, 0.05) is 5.56 Å². The van der Waals surface area contributed by atoms with Crippen LogP contribution in [0.5, 0.6) is 5.75 Å². The Morgan fingerprint density at radius 3 is 2.88 bits per heavy atom. The summed E-state index contributed by atoms with van der Waals surface area (Å²) < 4.78 is 5.23. The van der Waals surface area contributed by atoms with Gasteiger partial charge in [0.05, 0.1) is 0 Å². The molecule has 0 aliphatic carbocycles. The van der Waals surface area contributed by atoms with E-state index < -0.39 is 5.91 Å². The molecule has 0 radical (unpaired) electrons. The first kappa shape index (κ1) is 11.9. The summed E-state index contributed by atoms with van der Waals surface area (Å²) in [6.45, 7) is -0.164. The van der Waals surface area contributed by atoms with E-state index in [0.29, 0.717) is 12.0 Å². The van der Waals surface area contributed by atoms with Crippen molar-refractivity contribution in [2.45, 2.75) is 0 Å². The molecular weight excluding hydrogens is 208 g/mol. The van der Waals surface area contributed by atoms with Gasteiger partial charge in [0.15, 0.2) is 6.61 Å². The van der Waals surface area contributed by atoms with Gasteiger partial charge in [0.1, 0.15) is 12.0 Å². The number of ether oxygens (including phenoxy) is 1. The number of amides is 1. The van der Waals surface area contributed by atoms with Crippen molar-refractivity contribution in [3.8, 4) is 5.75 Å². The molecule has 0 aromatic heterocycles. The van der Waals surface area contributed by atoms with E-state index in [2.05, 4.69) is 0 Å². The highest BCUT2D eigenvalue weighted by Crippen LogP contribution is 2.18. The van der Waals surface area contributed by atoms with E-state index >= 15 is 0 Å². The third-order valence-electron chi connectivity index (χ3n) is 1.79. The van der Waals surface area contributed by atoms with Gasteiger partial charge in [0.2, 0.25) is 0 Å². The molecule has 0 aliphatic rings. The molecule has 1 aromatic rings. The van der Waals surface area contributed by atoms with Gasteiger partial charge in [-0.3, -0.25) is 15.0 Å². The molecule has 0 spiro atoms. The lowest BCUT2D eigenvalue weighted by molar-refractivity contribution is -0.123. The second-order valence-corrected chi connectivity index (χ2v) is 2.89. The zero-order valence-corrected chi connectivity index (χ0v) is 8.55. The molecule has 5 heteroatoms. The number of nitrogens with two attached hydrogens (primary N) is 1. The topological polar surface area (TPSA) is 81.4 Å². The number of allylic oxidation sites excluding steroid dienone is 1. The summed E-state index contributed by atoms with van der Waals surface area (Å²) in [7, 11) is 0. The number of aldehydes is 1. The summed E-state index contributed by atoms with van der Waals surface area (Å²) >= 11 is 0. The zero-order chi connectivity index (χ0) is 11.8. The Kier molecular flexibility index (Phi) is 4.75. The average molecular weight is 220 g/mol. The summed E-state index contributed by atoms with van der Waals surface area (Å²) in [5.74, 6) is 5.01. The molecule has 0 saturated carbocycles. The SMILES string of the molecule is NNC(=O)COc1ccccc1C=CC=O. The summed E-state index contributed by atoms with van der Waals surface area (Å²) in [4.78, 5) is 21.1. The predicted octanol–water partition coefficient (Wildman–Crippen LogP) is 0.267.